The van der Waals surface area contributed by atoms with Gasteiger partial charge >= 0.3 is 0 Å². The van der Waals surface area contributed by atoms with Crippen LogP contribution in [-0.2, 0) is 0 Å². The van der Waals surface area contributed by atoms with Gasteiger partial charge in [-0.05, 0) is 39.4 Å². The van der Waals surface area contributed by atoms with Crippen molar-refractivity contribution in [3.8, 4) is 0 Å². The monoisotopic (exact) mass is 241 g/mol. The van der Waals surface area contributed by atoms with Crippen molar-refractivity contribution in [1.29, 1.82) is 0 Å². The van der Waals surface area contributed by atoms with Crippen LogP contribution >= 0.6 is 0 Å². The Hall–Kier alpha value is -0.120. The lowest BCUT2D eigenvalue weighted by molar-refractivity contribution is 0.0817. The lowest BCUT2D eigenvalue weighted by atomic mass is 9.94. The van der Waals surface area contributed by atoms with E-state index in [-0.39, 0.29) is 0 Å². The Bertz CT molecular complexity index is 206. The molecule has 2 unspecified atom stereocenters. The topological polar surface area (TPSA) is 18.5 Å². The van der Waals surface area contributed by atoms with E-state index >= 15 is 0 Å². The third-order valence-electron chi connectivity index (χ3n) is 3.75. The maximum atomic E-state index is 3.75. The summed E-state index contributed by atoms with van der Waals surface area (Å²) in [4.78, 5) is 5.00. The minimum atomic E-state index is 0.641. The average molecular weight is 241 g/mol. The first-order valence-corrected chi connectivity index (χ1v) is 7.16. The van der Waals surface area contributed by atoms with Crippen LogP contribution in [0.25, 0.3) is 0 Å². The summed E-state index contributed by atoms with van der Waals surface area (Å²) < 4.78 is 0. The number of nitrogens with zero attached hydrogens (tertiary/aromatic N) is 2. The normalized spacial score (nSPS) is 25.4. The molecule has 0 spiro atoms. The maximum absolute atomic E-state index is 3.75. The minimum absolute atomic E-state index is 0.641. The Labute approximate surface area is 108 Å². The molecule has 1 rings (SSSR count). The van der Waals surface area contributed by atoms with Crippen molar-refractivity contribution >= 4 is 0 Å². The molecule has 17 heavy (non-hydrogen) atoms. The molecule has 0 bridgehead atoms. The average Bonchev–Trinajstić information content (AvgIpc) is 2.27. The Morgan fingerprint density at radius 1 is 1.24 bits per heavy atom. The summed E-state index contributed by atoms with van der Waals surface area (Å²) in [5.74, 6) is 0.769. The van der Waals surface area contributed by atoms with Gasteiger partial charge in [-0.2, -0.15) is 0 Å². The number of piperazine rings is 1. The van der Waals surface area contributed by atoms with Gasteiger partial charge < -0.3 is 10.2 Å². The predicted molar refractivity (Wildman–Crippen MR) is 75.5 cm³/mol. The van der Waals surface area contributed by atoms with Crippen LogP contribution in [0, 0.1) is 5.92 Å². The van der Waals surface area contributed by atoms with Crippen LogP contribution in [0.5, 0.6) is 0 Å². The van der Waals surface area contributed by atoms with Gasteiger partial charge in [0, 0.05) is 31.7 Å². The van der Waals surface area contributed by atoms with Crippen molar-refractivity contribution in [2.24, 2.45) is 5.92 Å². The van der Waals surface area contributed by atoms with E-state index in [2.05, 4.69) is 50.0 Å². The van der Waals surface area contributed by atoms with Crippen LogP contribution in [0.2, 0.25) is 0 Å². The SMILES string of the molecule is CCCNC(CC(C)C)C1CN(C)CCN1C. The zero-order valence-corrected chi connectivity index (χ0v) is 12.4. The van der Waals surface area contributed by atoms with Gasteiger partial charge in [0.15, 0.2) is 0 Å². The van der Waals surface area contributed by atoms with Crippen LogP contribution in [-0.4, -0.2) is 62.2 Å². The maximum Gasteiger partial charge on any atom is 0.0374 e. The molecule has 0 aromatic rings. The van der Waals surface area contributed by atoms with Crippen molar-refractivity contribution in [2.75, 3.05) is 40.3 Å². The highest BCUT2D eigenvalue weighted by atomic mass is 15.3. The van der Waals surface area contributed by atoms with Gasteiger partial charge in [-0.25, -0.2) is 0 Å². The van der Waals surface area contributed by atoms with E-state index < -0.39 is 0 Å². The van der Waals surface area contributed by atoms with Crippen LogP contribution in [0.1, 0.15) is 33.6 Å². The molecule has 1 N–H and O–H groups in total. The second kappa shape index (κ2) is 7.34. The molecule has 1 aliphatic heterocycles. The standard InChI is InChI=1S/C14H31N3/c1-6-7-15-13(10-12(2)3)14-11-16(4)8-9-17(14)5/h12-15H,6-11H2,1-5H3. The number of nitrogens with one attached hydrogen (secondary N) is 1. The number of hydrogen-bond acceptors (Lipinski definition) is 3. The van der Waals surface area contributed by atoms with Crippen LogP contribution in [0.4, 0.5) is 0 Å². The first kappa shape index (κ1) is 14.9. The Kier molecular flexibility index (Phi) is 6.45. The quantitative estimate of drug-likeness (QED) is 0.763. The Morgan fingerprint density at radius 3 is 2.53 bits per heavy atom. The van der Waals surface area contributed by atoms with Gasteiger partial charge in [-0.15, -0.1) is 0 Å². The molecule has 2 atom stereocenters. The lowest BCUT2D eigenvalue weighted by Crippen LogP contribution is -2.59. The van der Waals surface area contributed by atoms with Crippen molar-refractivity contribution < 1.29 is 0 Å². The molecular weight excluding hydrogens is 210 g/mol. The third kappa shape index (κ3) is 4.94. The molecule has 0 saturated carbocycles. The molecule has 0 radical (unpaired) electrons. The summed E-state index contributed by atoms with van der Waals surface area (Å²) in [6.45, 7) is 11.6. The van der Waals surface area contributed by atoms with Gasteiger partial charge in [0.25, 0.3) is 0 Å². The molecular formula is C14H31N3. The molecule has 0 aromatic heterocycles. The van der Waals surface area contributed by atoms with Crippen LogP contribution in [0.3, 0.4) is 0 Å². The predicted octanol–water partition coefficient (Wildman–Crippen LogP) is 1.65. The minimum Gasteiger partial charge on any atom is -0.312 e. The summed E-state index contributed by atoms with van der Waals surface area (Å²) in [7, 11) is 4.52. The van der Waals surface area contributed by atoms with E-state index in [1.807, 2.05) is 0 Å². The molecule has 1 saturated heterocycles. The van der Waals surface area contributed by atoms with Crippen LogP contribution in [0.15, 0.2) is 0 Å². The smallest absolute Gasteiger partial charge is 0.0374 e. The molecule has 0 aromatic carbocycles. The summed E-state index contributed by atoms with van der Waals surface area (Å²) in [6.07, 6.45) is 2.50. The second-order valence-corrected chi connectivity index (χ2v) is 6.00. The van der Waals surface area contributed by atoms with Gasteiger partial charge in [-0.3, -0.25) is 4.90 Å². The van der Waals surface area contributed by atoms with Crippen molar-refractivity contribution in [3.63, 3.8) is 0 Å². The van der Waals surface area contributed by atoms with Gasteiger partial charge in [0.1, 0.15) is 0 Å². The van der Waals surface area contributed by atoms with Crippen molar-refractivity contribution in [2.45, 2.75) is 45.7 Å². The molecule has 0 amide bonds. The molecule has 0 aliphatic carbocycles. The number of likely N-dealkylation sites (N-methyl/N-ethyl adjacent to an activating group) is 2. The largest absolute Gasteiger partial charge is 0.312 e. The molecule has 1 heterocycles. The first-order chi connectivity index (χ1) is 8.04. The van der Waals surface area contributed by atoms with E-state index in [0.29, 0.717) is 12.1 Å². The first-order valence-electron chi connectivity index (χ1n) is 7.16. The molecule has 1 aliphatic rings. The number of rotatable bonds is 6. The van der Waals surface area contributed by atoms with Gasteiger partial charge in [0.2, 0.25) is 0 Å². The zero-order chi connectivity index (χ0) is 12.8. The molecule has 3 nitrogen and oxygen atoms in total. The van der Waals surface area contributed by atoms with Crippen molar-refractivity contribution in [3.05, 3.63) is 0 Å². The van der Waals surface area contributed by atoms with Crippen molar-refractivity contribution in [1.82, 2.24) is 15.1 Å². The Balaban J connectivity index is 2.58. The van der Waals surface area contributed by atoms with E-state index in [1.54, 1.807) is 0 Å². The highest BCUT2D eigenvalue weighted by Gasteiger charge is 2.29. The summed E-state index contributed by atoms with van der Waals surface area (Å²) in [5, 5.41) is 3.75. The fourth-order valence-electron chi connectivity index (χ4n) is 2.69. The summed E-state index contributed by atoms with van der Waals surface area (Å²) >= 11 is 0. The van der Waals surface area contributed by atoms with Crippen LogP contribution < -0.4 is 5.32 Å². The fraction of sp³-hybridized carbons (Fsp3) is 1.00. The summed E-state index contributed by atoms with van der Waals surface area (Å²) in [6, 6.07) is 1.31. The van der Waals surface area contributed by atoms with Gasteiger partial charge in [0.05, 0.1) is 0 Å². The van der Waals surface area contributed by atoms with Gasteiger partial charge in [-0.1, -0.05) is 20.8 Å². The lowest BCUT2D eigenvalue weighted by Gasteiger charge is -2.42. The third-order valence-corrected chi connectivity index (χ3v) is 3.75. The molecule has 3 heteroatoms. The number of hydrogen-bond donors (Lipinski definition) is 1. The van der Waals surface area contributed by atoms with E-state index in [4.69, 9.17) is 0 Å². The highest BCUT2D eigenvalue weighted by Crippen LogP contribution is 2.16. The van der Waals surface area contributed by atoms with E-state index in [1.165, 1.54) is 32.5 Å². The second-order valence-electron chi connectivity index (χ2n) is 6.00. The molecule has 102 valence electrons. The van der Waals surface area contributed by atoms with E-state index in [0.717, 1.165) is 12.5 Å². The molecule has 1 fully saturated rings. The highest BCUT2D eigenvalue weighted by molar-refractivity contribution is 4.89. The zero-order valence-electron chi connectivity index (χ0n) is 12.4. The van der Waals surface area contributed by atoms with E-state index in [9.17, 15) is 0 Å². The Morgan fingerprint density at radius 2 is 1.94 bits per heavy atom. The fourth-order valence-corrected chi connectivity index (χ4v) is 2.69. The summed E-state index contributed by atoms with van der Waals surface area (Å²) in [5.41, 5.74) is 0.